The number of carbonyl (C=O) groups is 2. The fourth-order valence-corrected chi connectivity index (χ4v) is 2.37. The van der Waals surface area contributed by atoms with Gasteiger partial charge in [-0.15, -0.1) is 0 Å². The molecule has 1 aliphatic carbocycles. The second-order valence-corrected chi connectivity index (χ2v) is 4.94. The number of hydrogen-bond acceptors (Lipinski definition) is 4. The number of aromatic hydroxyl groups is 1. The first kappa shape index (κ1) is 13.3. The van der Waals surface area contributed by atoms with Crippen LogP contribution in [0.15, 0.2) is 17.7 Å². The Morgan fingerprint density at radius 3 is 2.37 bits per heavy atom. The summed E-state index contributed by atoms with van der Waals surface area (Å²) in [7, 11) is 1.37. The largest absolute Gasteiger partial charge is 0.504 e. The van der Waals surface area contributed by atoms with Crippen LogP contribution < -0.4 is 4.74 Å². The van der Waals surface area contributed by atoms with Crippen LogP contribution >= 0.6 is 0 Å². The highest BCUT2D eigenvalue weighted by Crippen LogP contribution is 2.39. The van der Waals surface area contributed by atoms with Crippen molar-refractivity contribution in [3.05, 3.63) is 34.4 Å². The van der Waals surface area contributed by atoms with E-state index in [1.54, 1.807) is 6.92 Å². The van der Waals surface area contributed by atoms with Gasteiger partial charge in [0.15, 0.2) is 23.1 Å². The van der Waals surface area contributed by atoms with E-state index < -0.39 is 0 Å². The van der Waals surface area contributed by atoms with E-state index >= 15 is 0 Å². The molecule has 1 N–H and O–H groups in total. The van der Waals surface area contributed by atoms with E-state index in [4.69, 9.17) is 4.74 Å². The first-order chi connectivity index (χ1) is 8.88. The molecule has 4 heteroatoms. The number of ether oxygens (including phenoxy) is 1. The van der Waals surface area contributed by atoms with Crippen LogP contribution in [0.5, 0.6) is 11.5 Å². The molecule has 2 rings (SSSR count). The van der Waals surface area contributed by atoms with Gasteiger partial charge in [-0.05, 0) is 30.5 Å². The first-order valence-electron chi connectivity index (χ1n) is 6.09. The Kier molecular flexibility index (Phi) is 3.18. The summed E-state index contributed by atoms with van der Waals surface area (Å²) in [6.07, 6.45) is 1.34. The number of Topliss-reactive ketones (excluding diaryl/α,β-unsaturated/α-hetero) is 1. The van der Waals surface area contributed by atoms with Crippen molar-refractivity contribution in [1.82, 2.24) is 0 Å². The van der Waals surface area contributed by atoms with Crippen LogP contribution in [0.4, 0.5) is 0 Å². The number of phenols is 1. The minimum Gasteiger partial charge on any atom is -0.504 e. The Morgan fingerprint density at radius 2 is 1.84 bits per heavy atom. The van der Waals surface area contributed by atoms with Crippen LogP contribution in [0.3, 0.4) is 0 Å². The van der Waals surface area contributed by atoms with Crippen LogP contribution in [0.2, 0.25) is 0 Å². The molecule has 0 amide bonds. The zero-order valence-corrected chi connectivity index (χ0v) is 11.4. The quantitative estimate of drug-likeness (QED) is 0.888. The molecule has 0 saturated heterocycles. The third-order valence-corrected chi connectivity index (χ3v) is 3.31. The molecule has 4 nitrogen and oxygen atoms in total. The maximum absolute atomic E-state index is 12.4. The summed E-state index contributed by atoms with van der Waals surface area (Å²) in [5, 5.41) is 9.82. The number of fused-ring (bicyclic) bond motifs is 1. The Labute approximate surface area is 111 Å². The number of benzene rings is 1. The smallest absolute Gasteiger partial charge is 0.190 e. The van der Waals surface area contributed by atoms with Crippen molar-refractivity contribution in [2.45, 2.75) is 20.8 Å². The second kappa shape index (κ2) is 4.53. The van der Waals surface area contributed by atoms with Gasteiger partial charge in [-0.2, -0.15) is 0 Å². The molecule has 0 aliphatic heterocycles. The molecular formula is C15H16O4. The van der Waals surface area contributed by atoms with E-state index in [9.17, 15) is 14.7 Å². The standard InChI is InChI=1S/C15H16O4/c1-7(2)9-6-10(16)13-12(14(9)18)8(3)5-11(17)15(13)19-4/h5-7,17H,1-4H3. The lowest BCUT2D eigenvalue weighted by Gasteiger charge is -2.21. The Balaban J connectivity index is 2.78. The molecule has 0 saturated carbocycles. The lowest BCUT2D eigenvalue weighted by molar-refractivity contribution is 0.0973. The van der Waals surface area contributed by atoms with E-state index in [0.29, 0.717) is 16.7 Å². The van der Waals surface area contributed by atoms with E-state index in [-0.39, 0.29) is 34.5 Å². The Morgan fingerprint density at radius 1 is 1.21 bits per heavy atom. The summed E-state index contributed by atoms with van der Waals surface area (Å²) >= 11 is 0. The van der Waals surface area contributed by atoms with Gasteiger partial charge < -0.3 is 9.84 Å². The van der Waals surface area contributed by atoms with Crippen molar-refractivity contribution in [3.63, 3.8) is 0 Å². The Bertz CT molecular complexity index is 609. The second-order valence-electron chi connectivity index (χ2n) is 4.94. The maximum atomic E-state index is 12.4. The molecule has 0 spiro atoms. The minimum absolute atomic E-state index is 0.0243. The summed E-state index contributed by atoms with van der Waals surface area (Å²) in [6.45, 7) is 5.44. The van der Waals surface area contributed by atoms with Crippen LogP contribution in [0.25, 0.3) is 0 Å². The van der Waals surface area contributed by atoms with Crippen molar-refractivity contribution in [2.75, 3.05) is 7.11 Å². The highest BCUT2D eigenvalue weighted by Gasteiger charge is 2.32. The third-order valence-electron chi connectivity index (χ3n) is 3.31. The number of hydrogen-bond donors (Lipinski definition) is 1. The molecular weight excluding hydrogens is 244 g/mol. The normalized spacial score (nSPS) is 14.5. The van der Waals surface area contributed by atoms with Gasteiger partial charge in [-0.1, -0.05) is 13.8 Å². The number of allylic oxidation sites excluding steroid dienone is 2. The predicted octanol–water partition coefficient (Wildman–Crippen LogP) is 2.67. The average molecular weight is 260 g/mol. The molecule has 0 fully saturated rings. The fraction of sp³-hybridized carbons (Fsp3) is 0.333. The molecule has 19 heavy (non-hydrogen) atoms. The fourth-order valence-electron chi connectivity index (χ4n) is 2.37. The highest BCUT2D eigenvalue weighted by molar-refractivity contribution is 6.26. The van der Waals surface area contributed by atoms with Gasteiger partial charge in [0, 0.05) is 11.1 Å². The first-order valence-corrected chi connectivity index (χ1v) is 6.09. The number of carbonyl (C=O) groups excluding carboxylic acids is 2. The summed E-state index contributed by atoms with van der Waals surface area (Å²) in [5.41, 5.74) is 1.58. The lowest BCUT2D eigenvalue weighted by atomic mass is 9.82. The average Bonchev–Trinajstić information content (AvgIpc) is 2.32. The van der Waals surface area contributed by atoms with Crippen molar-refractivity contribution in [1.29, 1.82) is 0 Å². The van der Waals surface area contributed by atoms with E-state index in [0.717, 1.165) is 0 Å². The van der Waals surface area contributed by atoms with Crippen LogP contribution in [0, 0.1) is 12.8 Å². The summed E-state index contributed by atoms with van der Waals surface area (Å²) < 4.78 is 5.06. The molecule has 0 radical (unpaired) electrons. The summed E-state index contributed by atoms with van der Waals surface area (Å²) in [4.78, 5) is 24.7. The molecule has 0 heterocycles. The SMILES string of the molecule is COc1c(O)cc(C)c2c1C(=O)C=C(C(C)C)C2=O. The van der Waals surface area contributed by atoms with Gasteiger partial charge in [0.05, 0.1) is 12.7 Å². The van der Waals surface area contributed by atoms with Crippen molar-refractivity contribution in [2.24, 2.45) is 5.92 Å². The monoisotopic (exact) mass is 260 g/mol. The lowest BCUT2D eigenvalue weighted by Crippen LogP contribution is -2.22. The highest BCUT2D eigenvalue weighted by atomic mass is 16.5. The van der Waals surface area contributed by atoms with Gasteiger partial charge in [0.25, 0.3) is 0 Å². The molecule has 1 aliphatic rings. The molecule has 0 bridgehead atoms. The number of aryl methyl sites for hydroxylation is 1. The predicted molar refractivity (Wildman–Crippen MR) is 71.0 cm³/mol. The molecule has 1 aromatic rings. The molecule has 0 unspecified atom stereocenters. The number of phenolic OH excluding ortho intramolecular Hbond substituents is 1. The van der Waals surface area contributed by atoms with Crippen LogP contribution in [0.1, 0.15) is 40.1 Å². The third kappa shape index (κ3) is 1.93. The van der Waals surface area contributed by atoms with Crippen LogP contribution in [-0.4, -0.2) is 23.8 Å². The van der Waals surface area contributed by atoms with Gasteiger partial charge in [-0.3, -0.25) is 9.59 Å². The molecule has 100 valence electrons. The summed E-state index contributed by atoms with van der Waals surface area (Å²) in [6, 6.07) is 1.45. The zero-order chi connectivity index (χ0) is 14.3. The minimum atomic E-state index is -0.297. The van der Waals surface area contributed by atoms with E-state index in [2.05, 4.69) is 0 Å². The number of rotatable bonds is 2. The van der Waals surface area contributed by atoms with Gasteiger partial charge in [0.1, 0.15) is 0 Å². The van der Waals surface area contributed by atoms with Gasteiger partial charge in [0.2, 0.25) is 0 Å². The molecule has 0 atom stereocenters. The van der Waals surface area contributed by atoms with Crippen molar-refractivity contribution in [3.8, 4) is 11.5 Å². The Hall–Kier alpha value is -2.10. The number of methoxy groups -OCH3 is 1. The molecule has 0 aromatic heterocycles. The zero-order valence-electron chi connectivity index (χ0n) is 11.4. The van der Waals surface area contributed by atoms with E-state index in [1.807, 2.05) is 13.8 Å². The van der Waals surface area contributed by atoms with Gasteiger partial charge >= 0.3 is 0 Å². The summed E-state index contributed by atoms with van der Waals surface area (Å²) in [5.74, 6) is -0.544. The van der Waals surface area contributed by atoms with E-state index in [1.165, 1.54) is 19.3 Å². The number of ketones is 2. The van der Waals surface area contributed by atoms with Crippen molar-refractivity contribution < 1.29 is 19.4 Å². The van der Waals surface area contributed by atoms with Crippen LogP contribution in [-0.2, 0) is 0 Å². The van der Waals surface area contributed by atoms with Gasteiger partial charge in [-0.25, -0.2) is 0 Å². The topological polar surface area (TPSA) is 63.6 Å². The van der Waals surface area contributed by atoms with Crippen molar-refractivity contribution >= 4 is 11.6 Å². The molecule has 1 aromatic carbocycles. The maximum Gasteiger partial charge on any atom is 0.190 e.